The summed E-state index contributed by atoms with van der Waals surface area (Å²) in [5.41, 5.74) is 0. The normalized spacial score (nSPS) is 15.0. The smallest absolute Gasteiger partial charge is 0.0219 e. The molecule has 72 valence electrons. The van der Waals surface area contributed by atoms with E-state index in [0.717, 1.165) is 6.54 Å². The highest BCUT2D eigenvalue weighted by Gasteiger charge is 1.94. The van der Waals surface area contributed by atoms with E-state index in [1.54, 1.807) is 0 Å². The average Bonchev–Trinajstić information content (AvgIpc) is 2.41. The molecule has 0 aromatic rings. The highest BCUT2D eigenvalue weighted by Crippen LogP contribution is 2.04. The Morgan fingerprint density at radius 3 is 2.15 bits per heavy atom. The number of hydrogen-bond donors (Lipinski definition) is 0. The van der Waals surface area contributed by atoms with Gasteiger partial charge in [0.2, 0.25) is 0 Å². The van der Waals surface area contributed by atoms with Gasteiger partial charge in [0.25, 0.3) is 0 Å². The Morgan fingerprint density at radius 2 is 1.54 bits per heavy atom. The molecule has 0 aromatic carbocycles. The minimum absolute atomic E-state index is 1.15. The van der Waals surface area contributed by atoms with Crippen LogP contribution < -0.4 is 0 Å². The zero-order valence-electron chi connectivity index (χ0n) is 8.45. The van der Waals surface area contributed by atoms with Gasteiger partial charge in [-0.05, 0) is 18.6 Å². The van der Waals surface area contributed by atoms with Crippen LogP contribution in [0.3, 0.4) is 0 Å². The first-order valence-electron chi connectivity index (χ1n) is 5.21. The van der Waals surface area contributed by atoms with Gasteiger partial charge in [-0.2, -0.15) is 0 Å². The van der Waals surface area contributed by atoms with Gasteiger partial charge in [-0.15, -0.1) is 0 Å². The molecule has 0 radical (unpaired) electrons. The number of allylic oxidation sites excluding steroid dienone is 4. The third-order valence-electron chi connectivity index (χ3n) is 2.16. The molecule has 13 heavy (non-hydrogen) atoms. The molecule has 0 spiro atoms. The summed E-state index contributed by atoms with van der Waals surface area (Å²) in [6.07, 6.45) is 17.9. The molecule has 0 aromatic heterocycles. The van der Waals surface area contributed by atoms with Crippen molar-refractivity contribution in [1.29, 1.82) is 0 Å². The Labute approximate surface area is 81.4 Å². The summed E-state index contributed by atoms with van der Waals surface area (Å²) in [5, 5.41) is 0. The monoisotopic (exact) mass is 177 g/mol. The molecule has 0 atom stereocenters. The van der Waals surface area contributed by atoms with Gasteiger partial charge in [0.1, 0.15) is 0 Å². The largest absolute Gasteiger partial charge is 0.354 e. The average molecular weight is 177 g/mol. The molecular formula is C12H19N. The van der Waals surface area contributed by atoms with Crippen LogP contribution in [0.1, 0.15) is 32.6 Å². The summed E-state index contributed by atoms with van der Waals surface area (Å²) in [5.74, 6) is 0. The van der Waals surface area contributed by atoms with Crippen LogP contribution in [0, 0.1) is 0 Å². The predicted molar refractivity (Wildman–Crippen MR) is 58.3 cm³/mol. The van der Waals surface area contributed by atoms with Crippen LogP contribution in [0.25, 0.3) is 0 Å². The van der Waals surface area contributed by atoms with Crippen LogP contribution >= 0.6 is 0 Å². The second kappa shape index (κ2) is 6.53. The van der Waals surface area contributed by atoms with E-state index in [0.29, 0.717) is 0 Å². The fourth-order valence-electron chi connectivity index (χ4n) is 1.37. The van der Waals surface area contributed by atoms with Crippen molar-refractivity contribution in [2.45, 2.75) is 32.6 Å². The molecule has 0 amide bonds. The summed E-state index contributed by atoms with van der Waals surface area (Å²) < 4.78 is 0. The molecule has 1 heteroatoms. The molecule has 0 saturated heterocycles. The Kier molecular flexibility index (Phi) is 5.07. The van der Waals surface area contributed by atoms with Crippen molar-refractivity contribution < 1.29 is 0 Å². The van der Waals surface area contributed by atoms with E-state index in [-0.39, 0.29) is 0 Å². The number of hydrogen-bond acceptors (Lipinski definition) is 1. The second-order valence-electron chi connectivity index (χ2n) is 3.37. The first-order valence-corrected chi connectivity index (χ1v) is 5.21. The first kappa shape index (κ1) is 10.1. The summed E-state index contributed by atoms with van der Waals surface area (Å²) in [4.78, 5) is 2.25. The number of rotatable bonds is 5. The van der Waals surface area contributed by atoms with E-state index in [9.17, 15) is 0 Å². The van der Waals surface area contributed by atoms with Crippen LogP contribution in [0.4, 0.5) is 0 Å². The molecule has 1 aliphatic rings. The molecule has 0 aliphatic carbocycles. The predicted octanol–water partition coefficient (Wildman–Crippen LogP) is 3.47. The van der Waals surface area contributed by atoms with E-state index in [1.807, 2.05) is 0 Å². The number of nitrogens with zero attached hydrogens (tertiary/aromatic N) is 1. The van der Waals surface area contributed by atoms with Crippen LogP contribution in [0.2, 0.25) is 0 Å². The maximum atomic E-state index is 2.25. The fraction of sp³-hybridized carbons (Fsp3) is 0.500. The molecule has 1 rings (SSSR count). The summed E-state index contributed by atoms with van der Waals surface area (Å²) in [7, 11) is 0. The Hall–Kier alpha value is -0.980. The molecule has 0 N–H and O–H groups in total. The van der Waals surface area contributed by atoms with Crippen molar-refractivity contribution in [3.8, 4) is 0 Å². The minimum atomic E-state index is 1.15. The Bertz CT molecular complexity index is 185. The fourth-order valence-corrected chi connectivity index (χ4v) is 1.37. The van der Waals surface area contributed by atoms with Crippen LogP contribution in [-0.2, 0) is 0 Å². The minimum Gasteiger partial charge on any atom is -0.354 e. The van der Waals surface area contributed by atoms with Crippen molar-refractivity contribution in [2.24, 2.45) is 0 Å². The van der Waals surface area contributed by atoms with E-state index in [4.69, 9.17) is 0 Å². The molecule has 0 saturated carbocycles. The van der Waals surface area contributed by atoms with E-state index in [2.05, 4.69) is 48.5 Å². The molecule has 1 nitrogen and oxygen atoms in total. The van der Waals surface area contributed by atoms with E-state index in [1.165, 1.54) is 25.7 Å². The highest BCUT2D eigenvalue weighted by atomic mass is 15.1. The van der Waals surface area contributed by atoms with Crippen molar-refractivity contribution in [3.63, 3.8) is 0 Å². The lowest BCUT2D eigenvalue weighted by Gasteiger charge is -2.13. The Morgan fingerprint density at radius 1 is 0.846 bits per heavy atom. The SMILES string of the molecule is CCCCCCN1C=CC=CC=C1. The van der Waals surface area contributed by atoms with E-state index >= 15 is 0 Å². The lowest BCUT2D eigenvalue weighted by molar-refractivity contribution is 0.472. The maximum absolute atomic E-state index is 2.25. The molecule has 1 heterocycles. The van der Waals surface area contributed by atoms with Crippen molar-refractivity contribution >= 4 is 0 Å². The number of unbranched alkanes of at least 4 members (excludes halogenated alkanes) is 3. The van der Waals surface area contributed by atoms with Gasteiger partial charge in [0.15, 0.2) is 0 Å². The molecule has 0 bridgehead atoms. The molecule has 0 unspecified atom stereocenters. The highest BCUT2D eigenvalue weighted by molar-refractivity contribution is 5.15. The van der Waals surface area contributed by atoms with Gasteiger partial charge in [-0.1, -0.05) is 38.3 Å². The summed E-state index contributed by atoms with van der Waals surface area (Å²) in [6, 6.07) is 0. The molecule has 1 aliphatic heterocycles. The van der Waals surface area contributed by atoms with Gasteiger partial charge in [0.05, 0.1) is 0 Å². The first-order chi connectivity index (χ1) is 6.43. The molecule has 0 fully saturated rings. The summed E-state index contributed by atoms with van der Waals surface area (Å²) in [6.45, 7) is 3.39. The van der Waals surface area contributed by atoms with Gasteiger partial charge in [-0.3, -0.25) is 0 Å². The second-order valence-corrected chi connectivity index (χ2v) is 3.37. The standard InChI is InChI=1S/C12H19N/c1-2-3-4-7-10-13-11-8-5-6-9-12-13/h5-6,8-9,11-12H,2-4,7,10H2,1H3. The lowest BCUT2D eigenvalue weighted by atomic mass is 10.2. The van der Waals surface area contributed by atoms with Gasteiger partial charge >= 0.3 is 0 Å². The lowest BCUT2D eigenvalue weighted by Crippen LogP contribution is -2.10. The maximum Gasteiger partial charge on any atom is 0.0219 e. The van der Waals surface area contributed by atoms with Gasteiger partial charge < -0.3 is 4.90 Å². The van der Waals surface area contributed by atoms with Crippen molar-refractivity contribution in [1.82, 2.24) is 4.90 Å². The van der Waals surface area contributed by atoms with Crippen molar-refractivity contribution in [3.05, 3.63) is 36.7 Å². The molecular weight excluding hydrogens is 158 g/mol. The van der Waals surface area contributed by atoms with Crippen LogP contribution in [0.5, 0.6) is 0 Å². The summed E-state index contributed by atoms with van der Waals surface area (Å²) >= 11 is 0. The third kappa shape index (κ3) is 4.56. The van der Waals surface area contributed by atoms with Gasteiger partial charge in [0, 0.05) is 18.9 Å². The third-order valence-corrected chi connectivity index (χ3v) is 2.16. The van der Waals surface area contributed by atoms with Crippen LogP contribution in [0.15, 0.2) is 36.7 Å². The quantitative estimate of drug-likeness (QED) is 0.581. The van der Waals surface area contributed by atoms with E-state index < -0.39 is 0 Å². The van der Waals surface area contributed by atoms with Gasteiger partial charge in [-0.25, -0.2) is 0 Å². The zero-order valence-corrected chi connectivity index (χ0v) is 8.45. The van der Waals surface area contributed by atoms with Crippen molar-refractivity contribution in [2.75, 3.05) is 6.54 Å². The van der Waals surface area contributed by atoms with Crippen LogP contribution in [-0.4, -0.2) is 11.4 Å². The Balaban J connectivity index is 2.14. The zero-order chi connectivity index (χ0) is 9.36. The topological polar surface area (TPSA) is 3.24 Å².